The van der Waals surface area contributed by atoms with Crippen molar-refractivity contribution in [3.05, 3.63) is 71.0 Å². The van der Waals surface area contributed by atoms with Crippen LogP contribution in [0.1, 0.15) is 27.2 Å². The number of nitrogens with zero attached hydrogens (tertiary/aromatic N) is 2. The van der Waals surface area contributed by atoms with Crippen LogP contribution in [-0.2, 0) is 0 Å². The summed E-state index contributed by atoms with van der Waals surface area (Å²) in [7, 11) is 0. The van der Waals surface area contributed by atoms with E-state index in [-0.39, 0.29) is 22.7 Å². The van der Waals surface area contributed by atoms with Crippen LogP contribution in [-0.4, -0.2) is 10.5 Å². The predicted molar refractivity (Wildman–Crippen MR) is 86.6 cm³/mol. The molecule has 0 unspecified atom stereocenters. The Bertz CT molecular complexity index is 950. The molecule has 3 rings (SSSR count). The summed E-state index contributed by atoms with van der Waals surface area (Å²) in [6, 6.07) is 9.97. The molecule has 1 aromatic carbocycles. The molecular weight excluding hydrogens is 309 g/mol. The molecule has 1 N–H and O–H groups in total. The van der Waals surface area contributed by atoms with Gasteiger partial charge in [-0.1, -0.05) is 6.07 Å². The number of carbonyl (C=O) groups excluding carboxylic acids is 1. The number of nitriles is 1. The smallest absolute Gasteiger partial charge is 0.260 e. The lowest BCUT2D eigenvalue weighted by atomic mass is 10.1. The van der Waals surface area contributed by atoms with Crippen LogP contribution >= 0.6 is 0 Å². The molecule has 2 heterocycles. The van der Waals surface area contributed by atoms with E-state index in [0.717, 1.165) is 5.56 Å². The van der Waals surface area contributed by atoms with Crippen molar-refractivity contribution in [3.63, 3.8) is 0 Å². The van der Waals surface area contributed by atoms with Crippen molar-refractivity contribution in [3.8, 4) is 12.0 Å². The van der Waals surface area contributed by atoms with Gasteiger partial charge in [0.2, 0.25) is 5.88 Å². The summed E-state index contributed by atoms with van der Waals surface area (Å²) in [5, 5.41) is 12.0. The number of hydrogen-bond donors (Lipinski definition) is 1. The molecule has 2 aromatic heterocycles. The molecule has 0 saturated heterocycles. The fourth-order valence-corrected chi connectivity index (χ4v) is 2.48. The Balaban J connectivity index is 2.02. The highest BCUT2D eigenvalue weighted by molar-refractivity contribution is 6.07. The molecule has 120 valence electrons. The van der Waals surface area contributed by atoms with Crippen LogP contribution in [0.3, 0.4) is 0 Å². The second kappa shape index (κ2) is 6.05. The fourth-order valence-electron chi connectivity index (χ4n) is 2.48. The lowest BCUT2D eigenvalue weighted by Crippen LogP contribution is -2.15. The SMILES string of the molecule is Cc1ccc(F)c(NC(=O)c2c(C)oc(-n3cccc3)c2C#N)c1. The van der Waals surface area contributed by atoms with Gasteiger partial charge in [-0.15, -0.1) is 0 Å². The number of carbonyl (C=O) groups is 1. The molecule has 0 saturated carbocycles. The summed E-state index contributed by atoms with van der Waals surface area (Å²) in [6.07, 6.45) is 3.42. The molecule has 1 amide bonds. The summed E-state index contributed by atoms with van der Waals surface area (Å²) < 4.78 is 21.0. The highest BCUT2D eigenvalue weighted by atomic mass is 19.1. The van der Waals surface area contributed by atoms with E-state index in [0.29, 0.717) is 5.76 Å². The van der Waals surface area contributed by atoms with Gasteiger partial charge in [0.25, 0.3) is 5.91 Å². The largest absolute Gasteiger partial charge is 0.443 e. The summed E-state index contributed by atoms with van der Waals surface area (Å²) in [4.78, 5) is 12.6. The predicted octanol–water partition coefficient (Wildman–Crippen LogP) is 3.95. The molecule has 0 aliphatic heterocycles. The molecule has 0 spiro atoms. The average molecular weight is 323 g/mol. The third kappa shape index (κ3) is 2.68. The topological polar surface area (TPSA) is 71.0 Å². The van der Waals surface area contributed by atoms with Crippen molar-refractivity contribution in [1.82, 2.24) is 4.57 Å². The molecule has 0 fully saturated rings. The van der Waals surface area contributed by atoms with Gasteiger partial charge < -0.3 is 9.73 Å². The number of nitrogens with one attached hydrogen (secondary N) is 1. The van der Waals surface area contributed by atoms with E-state index in [1.807, 2.05) is 6.07 Å². The van der Waals surface area contributed by atoms with Gasteiger partial charge in [-0.2, -0.15) is 5.26 Å². The van der Waals surface area contributed by atoms with Crippen molar-refractivity contribution < 1.29 is 13.6 Å². The number of rotatable bonds is 3. The second-order valence-corrected chi connectivity index (χ2v) is 5.35. The number of aryl methyl sites for hydroxylation is 2. The van der Waals surface area contributed by atoms with E-state index in [2.05, 4.69) is 5.32 Å². The van der Waals surface area contributed by atoms with E-state index in [1.54, 1.807) is 49.0 Å². The van der Waals surface area contributed by atoms with Crippen LogP contribution in [0.2, 0.25) is 0 Å². The van der Waals surface area contributed by atoms with E-state index in [4.69, 9.17) is 4.42 Å². The summed E-state index contributed by atoms with van der Waals surface area (Å²) >= 11 is 0. The van der Waals surface area contributed by atoms with Gasteiger partial charge in [0.15, 0.2) is 0 Å². The molecule has 24 heavy (non-hydrogen) atoms. The van der Waals surface area contributed by atoms with Gasteiger partial charge in [0.05, 0.1) is 5.69 Å². The number of amides is 1. The Morgan fingerprint density at radius 1 is 1.29 bits per heavy atom. The van der Waals surface area contributed by atoms with Crippen molar-refractivity contribution >= 4 is 11.6 Å². The van der Waals surface area contributed by atoms with Crippen LogP contribution in [0.4, 0.5) is 10.1 Å². The lowest BCUT2D eigenvalue weighted by Gasteiger charge is -2.07. The molecular formula is C18H14FN3O2. The first-order chi connectivity index (χ1) is 11.5. The minimum absolute atomic E-state index is 0.0620. The maximum atomic E-state index is 13.8. The van der Waals surface area contributed by atoms with Gasteiger partial charge in [-0.3, -0.25) is 9.36 Å². The Hall–Kier alpha value is -3.33. The van der Waals surface area contributed by atoms with Crippen molar-refractivity contribution in [2.75, 3.05) is 5.32 Å². The van der Waals surface area contributed by atoms with Crippen LogP contribution < -0.4 is 5.32 Å². The Morgan fingerprint density at radius 3 is 2.67 bits per heavy atom. The number of aromatic nitrogens is 1. The number of anilines is 1. The van der Waals surface area contributed by atoms with Crippen molar-refractivity contribution in [1.29, 1.82) is 5.26 Å². The summed E-state index contributed by atoms with van der Waals surface area (Å²) in [5.41, 5.74) is 1.08. The molecule has 0 aliphatic rings. The number of hydrogen-bond acceptors (Lipinski definition) is 3. The maximum absolute atomic E-state index is 13.8. The zero-order chi connectivity index (χ0) is 17.3. The minimum atomic E-state index is -0.587. The maximum Gasteiger partial charge on any atom is 0.260 e. The Kier molecular flexibility index (Phi) is 3.92. The van der Waals surface area contributed by atoms with Crippen LogP contribution in [0, 0.1) is 31.0 Å². The minimum Gasteiger partial charge on any atom is -0.443 e. The van der Waals surface area contributed by atoms with Crippen molar-refractivity contribution in [2.45, 2.75) is 13.8 Å². The number of furan rings is 1. The second-order valence-electron chi connectivity index (χ2n) is 5.35. The molecule has 0 atom stereocenters. The van der Waals surface area contributed by atoms with Gasteiger partial charge in [-0.25, -0.2) is 4.39 Å². The van der Waals surface area contributed by atoms with Gasteiger partial charge in [0.1, 0.15) is 28.8 Å². The molecule has 0 bridgehead atoms. The van der Waals surface area contributed by atoms with E-state index < -0.39 is 11.7 Å². The first-order valence-corrected chi connectivity index (χ1v) is 7.25. The first-order valence-electron chi connectivity index (χ1n) is 7.25. The molecule has 6 heteroatoms. The Labute approximate surface area is 137 Å². The molecule has 0 aliphatic carbocycles. The zero-order valence-electron chi connectivity index (χ0n) is 13.1. The molecule has 0 radical (unpaired) electrons. The standard InChI is InChI=1S/C18H14FN3O2/c1-11-5-6-14(19)15(9-11)21-17(23)16-12(2)24-18(13(16)10-20)22-7-3-4-8-22/h3-9H,1-2H3,(H,21,23). The third-order valence-corrected chi connectivity index (χ3v) is 3.61. The van der Waals surface area contributed by atoms with Crippen LogP contribution in [0.5, 0.6) is 0 Å². The van der Waals surface area contributed by atoms with Gasteiger partial charge in [-0.05, 0) is 43.7 Å². The van der Waals surface area contributed by atoms with E-state index in [1.165, 1.54) is 12.1 Å². The number of benzene rings is 1. The first kappa shape index (κ1) is 15.6. The Morgan fingerprint density at radius 2 is 2.00 bits per heavy atom. The van der Waals surface area contributed by atoms with Crippen LogP contribution in [0.15, 0.2) is 47.1 Å². The average Bonchev–Trinajstić information content (AvgIpc) is 3.17. The fraction of sp³-hybridized carbons (Fsp3) is 0.111. The summed E-state index contributed by atoms with van der Waals surface area (Å²) in [5.74, 6) is -0.578. The summed E-state index contributed by atoms with van der Waals surface area (Å²) in [6.45, 7) is 3.39. The molecule has 3 aromatic rings. The number of halogens is 1. The van der Waals surface area contributed by atoms with E-state index >= 15 is 0 Å². The highest BCUT2D eigenvalue weighted by Gasteiger charge is 2.25. The van der Waals surface area contributed by atoms with Gasteiger partial charge in [0, 0.05) is 12.4 Å². The zero-order valence-corrected chi connectivity index (χ0v) is 13.1. The van der Waals surface area contributed by atoms with Crippen molar-refractivity contribution in [2.24, 2.45) is 0 Å². The van der Waals surface area contributed by atoms with E-state index in [9.17, 15) is 14.4 Å². The highest BCUT2D eigenvalue weighted by Crippen LogP contribution is 2.27. The third-order valence-electron chi connectivity index (χ3n) is 3.61. The monoisotopic (exact) mass is 323 g/mol. The normalized spacial score (nSPS) is 10.4. The lowest BCUT2D eigenvalue weighted by molar-refractivity contribution is 0.102. The molecule has 5 nitrogen and oxygen atoms in total. The quantitative estimate of drug-likeness (QED) is 0.793. The van der Waals surface area contributed by atoms with Gasteiger partial charge >= 0.3 is 0 Å². The van der Waals surface area contributed by atoms with Crippen LogP contribution in [0.25, 0.3) is 5.88 Å².